The van der Waals surface area contributed by atoms with Gasteiger partial charge in [-0.2, -0.15) is 0 Å². The van der Waals surface area contributed by atoms with E-state index < -0.39 is 0 Å². The molecule has 0 amide bonds. The van der Waals surface area contributed by atoms with Crippen molar-refractivity contribution in [1.29, 1.82) is 0 Å². The van der Waals surface area contributed by atoms with Crippen molar-refractivity contribution in [1.82, 2.24) is 0 Å². The number of carbonyl (C=O) groups is 1. The van der Waals surface area contributed by atoms with Crippen molar-refractivity contribution in [2.45, 2.75) is 0 Å². The lowest BCUT2D eigenvalue weighted by molar-refractivity contribution is 0.103. The van der Waals surface area contributed by atoms with Crippen LogP contribution in [0.5, 0.6) is 11.5 Å². The monoisotopic (exact) mass is 446 g/mol. The lowest BCUT2D eigenvalue weighted by atomic mass is 10.0. The average molecular weight is 447 g/mol. The number of ether oxygens (including phenoxy) is 2. The van der Waals surface area contributed by atoms with Crippen LogP contribution in [0.25, 0.3) is 0 Å². The molecule has 0 N–H and O–H groups in total. The second kappa shape index (κ2) is 6.58. The molecule has 3 nitrogen and oxygen atoms in total. The van der Waals surface area contributed by atoms with E-state index in [-0.39, 0.29) is 5.78 Å². The van der Waals surface area contributed by atoms with Crippen LogP contribution in [0.1, 0.15) is 15.9 Å². The van der Waals surface area contributed by atoms with Gasteiger partial charge >= 0.3 is 0 Å². The van der Waals surface area contributed by atoms with Crippen LogP contribution in [0, 0.1) is 3.57 Å². The summed E-state index contributed by atoms with van der Waals surface area (Å²) in [7, 11) is 3.08. The van der Waals surface area contributed by atoms with Gasteiger partial charge in [-0.1, -0.05) is 22.0 Å². The Labute approximate surface area is 139 Å². The van der Waals surface area contributed by atoms with Crippen molar-refractivity contribution in [3.05, 3.63) is 55.6 Å². The van der Waals surface area contributed by atoms with Crippen molar-refractivity contribution >= 4 is 44.3 Å². The average Bonchev–Trinajstić information content (AvgIpc) is 2.48. The van der Waals surface area contributed by atoms with Crippen LogP contribution in [0.2, 0.25) is 0 Å². The number of hydrogen-bond donors (Lipinski definition) is 0. The van der Waals surface area contributed by atoms with Crippen LogP contribution >= 0.6 is 38.5 Å². The number of hydrogen-bond acceptors (Lipinski definition) is 3. The number of rotatable bonds is 4. The Kier molecular flexibility index (Phi) is 5.04. The number of carbonyl (C=O) groups excluding carboxylic acids is 1. The predicted molar refractivity (Wildman–Crippen MR) is 89.8 cm³/mol. The molecule has 0 saturated carbocycles. The van der Waals surface area contributed by atoms with E-state index in [2.05, 4.69) is 38.5 Å². The Hall–Kier alpha value is -1.08. The van der Waals surface area contributed by atoms with Gasteiger partial charge in [0.25, 0.3) is 0 Å². The van der Waals surface area contributed by atoms with E-state index in [1.807, 2.05) is 12.1 Å². The maximum absolute atomic E-state index is 12.8. The number of methoxy groups -OCH3 is 2. The first kappa shape index (κ1) is 15.3. The van der Waals surface area contributed by atoms with Gasteiger partial charge in [0, 0.05) is 13.6 Å². The molecule has 2 rings (SSSR count). The summed E-state index contributed by atoms with van der Waals surface area (Å²) in [6.07, 6.45) is 0. The van der Waals surface area contributed by atoms with Crippen molar-refractivity contribution in [3.8, 4) is 11.5 Å². The minimum Gasteiger partial charge on any atom is -0.496 e. The van der Waals surface area contributed by atoms with Gasteiger partial charge in [-0.15, -0.1) is 0 Å². The summed E-state index contributed by atoms with van der Waals surface area (Å²) in [6.45, 7) is 0. The highest BCUT2D eigenvalue weighted by atomic mass is 127. The molecule has 0 saturated heterocycles. The molecule has 0 fully saturated rings. The largest absolute Gasteiger partial charge is 0.496 e. The summed E-state index contributed by atoms with van der Waals surface area (Å²) in [6, 6.07) is 10.9. The van der Waals surface area contributed by atoms with Crippen LogP contribution in [0.15, 0.2) is 40.9 Å². The molecule has 0 spiro atoms. The molecular weight excluding hydrogens is 435 g/mol. The van der Waals surface area contributed by atoms with Gasteiger partial charge in [0.2, 0.25) is 5.78 Å². The van der Waals surface area contributed by atoms with E-state index in [1.54, 1.807) is 24.3 Å². The number of benzene rings is 2. The zero-order valence-electron chi connectivity index (χ0n) is 10.9. The Morgan fingerprint density at radius 3 is 2.25 bits per heavy atom. The molecule has 0 aromatic heterocycles. The minimum absolute atomic E-state index is 0.120. The molecule has 0 heterocycles. The fourth-order valence-corrected chi connectivity index (χ4v) is 2.82. The lowest BCUT2D eigenvalue weighted by Crippen LogP contribution is -2.08. The standard InChI is InChI=1S/C15H12BrIO3/c1-19-12-4-3-5-13(20-2)14(12)15(18)10-8-9(16)6-7-11(10)17/h3-8H,1-2H3. The van der Waals surface area contributed by atoms with Gasteiger partial charge in [0.1, 0.15) is 17.1 Å². The highest BCUT2D eigenvalue weighted by Gasteiger charge is 2.21. The first-order valence-corrected chi connectivity index (χ1v) is 7.66. The molecule has 0 aliphatic carbocycles. The molecule has 20 heavy (non-hydrogen) atoms. The van der Waals surface area contributed by atoms with Crippen LogP contribution in [-0.4, -0.2) is 20.0 Å². The van der Waals surface area contributed by atoms with E-state index in [0.717, 1.165) is 8.04 Å². The SMILES string of the molecule is COc1cccc(OC)c1C(=O)c1cc(Br)ccc1I. The Balaban J connectivity index is 2.61. The molecule has 0 aliphatic rings. The summed E-state index contributed by atoms with van der Waals surface area (Å²) in [5.74, 6) is 0.889. The van der Waals surface area contributed by atoms with E-state index in [0.29, 0.717) is 22.6 Å². The zero-order chi connectivity index (χ0) is 14.7. The highest BCUT2D eigenvalue weighted by molar-refractivity contribution is 14.1. The van der Waals surface area contributed by atoms with Crippen LogP contribution in [-0.2, 0) is 0 Å². The molecule has 0 unspecified atom stereocenters. The maximum atomic E-state index is 12.8. The summed E-state index contributed by atoms with van der Waals surface area (Å²) < 4.78 is 12.3. The van der Waals surface area contributed by atoms with Gasteiger partial charge in [-0.3, -0.25) is 4.79 Å². The molecule has 2 aromatic rings. The number of halogens is 2. The molecule has 0 atom stereocenters. The summed E-state index contributed by atoms with van der Waals surface area (Å²) in [5, 5.41) is 0. The van der Waals surface area contributed by atoms with Gasteiger partial charge in [-0.05, 0) is 52.9 Å². The fraction of sp³-hybridized carbons (Fsp3) is 0.133. The van der Waals surface area contributed by atoms with E-state index in [1.165, 1.54) is 14.2 Å². The van der Waals surface area contributed by atoms with Gasteiger partial charge in [0.15, 0.2) is 0 Å². The van der Waals surface area contributed by atoms with Crippen LogP contribution in [0.3, 0.4) is 0 Å². The smallest absolute Gasteiger partial charge is 0.201 e. The van der Waals surface area contributed by atoms with Crippen molar-refractivity contribution in [2.24, 2.45) is 0 Å². The van der Waals surface area contributed by atoms with E-state index >= 15 is 0 Å². The quantitative estimate of drug-likeness (QED) is 0.518. The predicted octanol–water partition coefficient (Wildman–Crippen LogP) is 4.30. The molecule has 0 aliphatic heterocycles. The molecule has 5 heteroatoms. The van der Waals surface area contributed by atoms with E-state index in [9.17, 15) is 4.79 Å². The third-order valence-electron chi connectivity index (χ3n) is 2.83. The Morgan fingerprint density at radius 1 is 1.10 bits per heavy atom. The number of ketones is 1. The summed E-state index contributed by atoms with van der Waals surface area (Å²) in [4.78, 5) is 12.8. The van der Waals surface area contributed by atoms with E-state index in [4.69, 9.17) is 9.47 Å². The molecule has 0 bridgehead atoms. The maximum Gasteiger partial charge on any atom is 0.201 e. The van der Waals surface area contributed by atoms with Gasteiger partial charge < -0.3 is 9.47 Å². The normalized spacial score (nSPS) is 10.2. The Morgan fingerprint density at radius 2 is 1.70 bits per heavy atom. The minimum atomic E-state index is -0.120. The van der Waals surface area contributed by atoms with Crippen molar-refractivity contribution in [3.63, 3.8) is 0 Å². The van der Waals surface area contributed by atoms with Crippen molar-refractivity contribution < 1.29 is 14.3 Å². The molecule has 0 radical (unpaired) electrons. The summed E-state index contributed by atoms with van der Waals surface area (Å²) in [5.41, 5.74) is 1.05. The molecular formula is C15H12BrIO3. The van der Waals surface area contributed by atoms with Crippen molar-refractivity contribution in [2.75, 3.05) is 14.2 Å². The lowest BCUT2D eigenvalue weighted by Gasteiger charge is -2.13. The van der Waals surface area contributed by atoms with Crippen LogP contribution < -0.4 is 9.47 Å². The third-order valence-corrected chi connectivity index (χ3v) is 4.26. The molecule has 104 valence electrons. The van der Waals surface area contributed by atoms with Crippen LogP contribution in [0.4, 0.5) is 0 Å². The molecule has 2 aromatic carbocycles. The van der Waals surface area contributed by atoms with Gasteiger partial charge in [-0.25, -0.2) is 0 Å². The Bertz CT molecular complexity index is 633. The zero-order valence-corrected chi connectivity index (χ0v) is 14.7. The first-order valence-electron chi connectivity index (χ1n) is 5.79. The summed E-state index contributed by atoms with van der Waals surface area (Å²) >= 11 is 5.53. The second-order valence-corrected chi connectivity index (χ2v) is 6.07. The van der Waals surface area contributed by atoms with Gasteiger partial charge in [0.05, 0.1) is 14.2 Å². The topological polar surface area (TPSA) is 35.5 Å². The highest BCUT2D eigenvalue weighted by Crippen LogP contribution is 2.32. The first-order chi connectivity index (χ1) is 9.58. The fourth-order valence-electron chi connectivity index (χ4n) is 1.88. The second-order valence-electron chi connectivity index (χ2n) is 3.99. The third kappa shape index (κ3) is 2.98.